The molecule has 1 unspecified atom stereocenters. The summed E-state index contributed by atoms with van der Waals surface area (Å²) in [6, 6.07) is 4.53. The van der Waals surface area contributed by atoms with Crippen molar-refractivity contribution in [3.05, 3.63) is 23.8 Å². The fourth-order valence-electron chi connectivity index (χ4n) is 2.34. The van der Waals surface area contributed by atoms with Crippen molar-refractivity contribution < 1.29 is 19.4 Å². The summed E-state index contributed by atoms with van der Waals surface area (Å²) in [4.78, 5) is 25.2. The van der Waals surface area contributed by atoms with Crippen LogP contribution in [0.1, 0.15) is 16.8 Å². The Balaban J connectivity index is 2.10. The smallest absolute Gasteiger partial charge is 0.339 e. The molecule has 0 aromatic heterocycles. The van der Waals surface area contributed by atoms with E-state index in [-0.39, 0.29) is 23.1 Å². The van der Waals surface area contributed by atoms with E-state index in [9.17, 15) is 9.59 Å². The summed E-state index contributed by atoms with van der Waals surface area (Å²) in [5.74, 6) is -0.888. The molecule has 0 spiro atoms. The first-order chi connectivity index (χ1) is 9.51. The van der Waals surface area contributed by atoms with Gasteiger partial charge >= 0.3 is 5.97 Å². The Labute approximate surface area is 117 Å². The van der Waals surface area contributed by atoms with Crippen LogP contribution in [0.15, 0.2) is 18.2 Å². The molecule has 6 heteroatoms. The molecule has 1 aromatic rings. The number of anilines is 1. The summed E-state index contributed by atoms with van der Waals surface area (Å²) in [6.07, 6.45) is 0.840. The number of hydrogen-bond acceptors (Lipinski definition) is 4. The summed E-state index contributed by atoms with van der Waals surface area (Å²) in [7, 11) is 3.39. The van der Waals surface area contributed by atoms with Gasteiger partial charge in [-0.1, -0.05) is 0 Å². The van der Waals surface area contributed by atoms with Crippen LogP contribution in [0.4, 0.5) is 5.69 Å². The van der Waals surface area contributed by atoms with Gasteiger partial charge in [-0.2, -0.15) is 0 Å². The number of nitrogens with one attached hydrogen (secondary N) is 1. The molecule has 1 fully saturated rings. The Hall–Kier alpha value is -2.08. The minimum absolute atomic E-state index is 0.0230. The first kappa shape index (κ1) is 14.3. The van der Waals surface area contributed by atoms with Gasteiger partial charge in [-0.3, -0.25) is 4.79 Å². The number of ether oxygens (including phenoxy) is 1. The zero-order valence-corrected chi connectivity index (χ0v) is 11.5. The summed E-state index contributed by atoms with van der Waals surface area (Å²) in [5.41, 5.74) is 0.623. The third-order valence-corrected chi connectivity index (χ3v) is 3.46. The maximum atomic E-state index is 12.1. The van der Waals surface area contributed by atoms with Crippen molar-refractivity contribution in [3.8, 4) is 5.75 Å². The van der Waals surface area contributed by atoms with Gasteiger partial charge in [-0.25, -0.2) is 4.79 Å². The monoisotopic (exact) mass is 278 g/mol. The van der Waals surface area contributed by atoms with Crippen LogP contribution < -0.4 is 10.1 Å². The molecule has 2 N–H and O–H groups in total. The van der Waals surface area contributed by atoms with E-state index in [0.717, 1.165) is 19.5 Å². The van der Waals surface area contributed by atoms with Gasteiger partial charge in [0.15, 0.2) is 0 Å². The fourth-order valence-corrected chi connectivity index (χ4v) is 2.34. The number of amides is 1. The lowest BCUT2D eigenvalue weighted by Gasteiger charge is -2.13. The molecule has 108 valence electrons. The van der Waals surface area contributed by atoms with Gasteiger partial charge in [0, 0.05) is 18.3 Å². The Morgan fingerprint density at radius 2 is 2.20 bits per heavy atom. The maximum absolute atomic E-state index is 12.1. The number of benzene rings is 1. The number of methoxy groups -OCH3 is 1. The summed E-state index contributed by atoms with van der Waals surface area (Å²) in [6.45, 7) is 1.66. The summed E-state index contributed by atoms with van der Waals surface area (Å²) < 4.78 is 5.03. The lowest BCUT2D eigenvalue weighted by molar-refractivity contribution is -0.119. The van der Waals surface area contributed by atoms with E-state index in [4.69, 9.17) is 9.84 Å². The number of nitrogens with zero attached hydrogens (tertiary/aromatic N) is 1. The molecule has 1 saturated heterocycles. The molecule has 1 aliphatic heterocycles. The highest BCUT2D eigenvalue weighted by Crippen LogP contribution is 2.24. The molecule has 0 bridgehead atoms. The Kier molecular flexibility index (Phi) is 4.24. The van der Waals surface area contributed by atoms with Gasteiger partial charge in [-0.15, -0.1) is 0 Å². The topological polar surface area (TPSA) is 78.9 Å². The minimum atomic E-state index is -1.06. The van der Waals surface area contributed by atoms with E-state index in [2.05, 4.69) is 10.2 Å². The highest BCUT2D eigenvalue weighted by atomic mass is 16.5. The largest absolute Gasteiger partial charge is 0.496 e. The fraction of sp³-hybridized carbons (Fsp3) is 0.429. The summed E-state index contributed by atoms with van der Waals surface area (Å²) >= 11 is 0. The molecule has 0 saturated carbocycles. The second-order valence-corrected chi connectivity index (χ2v) is 4.96. The van der Waals surface area contributed by atoms with E-state index in [0.29, 0.717) is 5.69 Å². The van der Waals surface area contributed by atoms with Gasteiger partial charge in [-0.05, 0) is 32.1 Å². The Morgan fingerprint density at radius 3 is 2.75 bits per heavy atom. The molecule has 1 aliphatic rings. The minimum Gasteiger partial charge on any atom is -0.496 e. The van der Waals surface area contributed by atoms with Crippen LogP contribution in [0.5, 0.6) is 5.75 Å². The van der Waals surface area contributed by atoms with Crippen LogP contribution in [0.2, 0.25) is 0 Å². The van der Waals surface area contributed by atoms with Crippen molar-refractivity contribution in [1.82, 2.24) is 4.90 Å². The molecular formula is C14H18N2O4. The number of aromatic carboxylic acids is 1. The average molecular weight is 278 g/mol. The molecule has 1 aromatic carbocycles. The molecular weight excluding hydrogens is 260 g/mol. The molecule has 1 amide bonds. The van der Waals surface area contributed by atoms with Crippen molar-refractivity contribution >= 4 is 17.6 Å². The predicted molar refractivity (Wildman–Crippen MR) is 74.2 cm³/mol. The van der Waals surface area contributed by atoms with Crippen molar-refractivity contribution in [2.75, 3.05) is 32.6 Å². The van der Waals surface area contributed by atoms with Crippen molar-refractivity contribution in [2.24, 2.45) is 5.92 Å². The van der Waals surface area contributed by atoms with E-state index in [1.165, 1.54) is 19.2 Å². The number of carbonyl (C=O) groups excluding carboxylic acids is 1. The molecule has 1 heterocycles. The lowest BCUT2D eigenvalue weighted by Crippen LogP contribution is -2.25. The predicted octanol–water partition coefficient (Wildman–Crippen LogP) is 1.28. The van der Waals surface area contributed by atoms with E-state index < -0.39 is 5.97 Å². The van der Waals surface area contributed by atoms with Crippen LogP contribution in [0, 0.1) is 5.92 Å². The quantitative estimate of drug-likeness (QED) is 0.867. The molecule has 1 atom stereocenters. The summed E-state index contributed by atoms with van der Waals surface area (Å²) in [5, 5.41) is 11.8. The van der Waals surface area contributed by atoms with E-state index in [1.54, 1.807) is 6.07 Å². The van der Waals surface area contributed by atoms with Gasteiger partial charge < -0.3 is 20.1 Å². The third-order valence-electron chi connectivity index (χ3n) is 3.46. The number of carbonyl (C=O) groups is 2. The van der Waals surface area contributed by atoms with Crippen molar-refractivity contribution in [3.63, 3.8) is 0 Å². The highest BCUT2D eigenvalue weighted by molar-refractivity contribution is 5.95. The number of likely N-dealkylation sites (tertiary alicyclic amines) is 1. The van der Waals surface area contributed by atoms with Gasteiger partial charge in [0.2, 0.25) is 5.91 Å². The average Bonchev–Trinajstić information content (AvgIpc) is 2.85. The highest BCUT2D eigenvalue weighted by Gasteiger charge is 2.26. The number of hydrogen-bond donors (Lipinski definition) is 2. The van der Waals surface area contributed by atoms with Crippen LogP contribution in [-0.4, -0.2) is 49.1 Å². The molecule has 2 rings (SSSR count). The van der Waals surface area contributed by atoms with E-state index in [1.807, 2.05) is 7.05 Å². The van der Waals surface area contributed by atoms with Crippen molar-refractivity contribution in [2.45, 2.75) is 6.42 Å². The Morgan fingerprint density at radius 1 is 1.45 bits per heavy atom. The van der Waals surface area contributed by atoms with Gasteiger partial charge in [0.05, 0.1) is 13.0 Å². The van der Waals surface area contributed by atoms with Gasteiger partial charge in [0.1, 0.15) is 11.3 Å². The molecule has 0 aliphatic carbocycles. The van der Waals surface area contributed by atoms with Crippen LogP contribution in [0.25, 0.3) is 0 Å². The zero-order valence-electron chi connectivity index (χ0n) is 11.5. The lowest BCUT2D eigenvalue weighted by atomic mass is 10.1. The standard InChI is InChI=1S/C14H18N2O4/c1-16-6-5-9(8-16)13(17)15-10-3-4-11(14(18)19)12(7-10)20-2/h3-4,7,9H,5-6,8H2,1-2H3,(H,15,17)(H,18,19). The van der Waals surface area contributed by atoms with E-state index >= 15 is 0 Å². The number of carboxylic acids is 1. The van der Waals surface area contributed by atoms with Gasteiger partial charge in [0.25, 0.3) is 0 Å². The second kappa shape index (κ2) is 5.92. The zero-order chi connectivity index (χ0) is 14.7. The maximum Gasteiger partial charge on any atom is 0.339 e. The molecule has 0 radical (unpaired) electrons. The molecule has 20 heavy (non-hydrogen) atoms. The SMILES string of the molecule is COc1cc(NC(=O)C2CCN(C)C2)ccc1C(=O)O. The van der Waals surface area contributed by atoms with Crippen molar-refractivity contribution in [1.29, 1.82) is 0 Å². The first-order valence-corrected chi connectivity index (χ1v) is 6.42. The Bertz CT molecular complexity index is 530. The third kappa shape index (κ3) is 3.08. The number of carboxylic acid groups (broad SMARTS) is 1. The normalized spacial score (nSPS) is 18.8. The molecule has 6 nitrogen and oxygen atoms in total. The van der Waals surface area contributed by atoms with Crippen LogP contribution in [-0.2, 0) is 4.79 Å². The first-order valence-electron chi connectivity index (χ1n) is 6.42. The van der Waals surface area contributed by atoms with Crippen LogP contribution in [0.3, 0.4) is 0 Å². The van der Waals surface area contributed by atoms with Crippen LogP contribution >= 0.6 is 0 Å². The second-order valence-electron chi connectivity index (χ2n) is 4.96. The number of rotatable bonds is 4.